The lowest BCUT2D eigenvalue weighted by Crippen LogP contribution is -2.24. The number of ether oxygens (including phenoxy) is 1. The van der Waals surface area contributed by atoms with Crippen LogP contribution >= 0.6 is 11.8 Å². The Balaban J connectivity index is 1.55. The van der Waals surface area contributed by atoms with E-state index in [0.29, 0.717) is 38.8 Å². The number of carbonyl (C=O) groups is 1. The van der Waals surface area contributed by atoms with Gasteiger partial charge >= 0.3 is 0 Å². The standard InChI is InChI=1S/C25H22N4O4S/c1-16(17-12-13-21(30)22(14-17)33-2)27-28-23(31)15-34-25-26-20-11-7-6-10-19(20)24(32)29(25)18-8-4-3-5-9-18/h3-14,30H,15H2,1-2H3,(H,28,31)/b27-16-. The summed E-state index contributed by atoms with van der Waals surface area (Å²) in [6.07, 6.45) is 0. The number of fused-ring (bicyclic) bond motifs is 1. The smallest absolute Gasteiger partial charge is 0.266 e. The summed E-state index contributed by atoms with van der Waals surface area (Å²) < 4.78 is 6.62. The molecule has 2 N–H and O–H groups in total. The number of hydrazone groups is 1. The minimum atomic E-state index is -0.350. The van der Waals surface area contributed by atoms with Crippen molar-refractivity contribution in [3.8, 4) is 17.2 Å². The highest BCUT2D eigenvalue weighted by atomic mass is 32.2. The lowest BCUT2D eigenvalue weighted by molar-refractivity contribution is -0.118. The summed E-state index contributed by atoms with van der Waals surface area (Å²) in [5, 5.41) is 14.8. The fourth-order valence-electron chi connectivity index (χ4n) is 3.29. The molecule has 0 aliphatic carbocycles. The molecule has 0 radical (unpaired) electrons. The van der Waals surface area contributed by atoms with Gasteiger partial charge in [0.15, 0.2) is 16.7 Å². The van der Waals surface area contributed by atoms with Crippen LogP contribution in [0, 0.1) is 0 Å². The number of hydrogen-bond acceptors (Lipinski definition) is 7. The number of thioether (sulfide) groups is 1. The van der Waals surface area contributed by atoms with Gasteiger partial charge in [-0.25, -0.2) is 10.4 Å². The normalized spacial score (nSPS) is 11.4. The SMILES string of the molecule is COc1cc(/C(C)=N\NC(=O)CSc2nc3ccccc3c(=O)n2-c2ccccc2)ccc1O. The van der Waals surface area contributed by atoms with Crippen molar-refractivity contribution in [2.24, 2.45) is 5.10 Å². The summed E-state index contributed by atoms with van der Waals surface area (Å²) >= 11 is 1.15. The van der Waals surface area contributed by atoms with Crippen LogP contribution in [0.4, 0.5) is 0 Å². The van der Waals surface area contributed by atoms with Crippen LogP contribution in [0.15, 0.2) is 87.8 Å². The molecule has 4 aromatic rings. The van der Waals surface area contributed by atoms with Crippen molar-refractivity contribution >= 4 is 34.3 Å². The highest BCUT2D eigenvalue weighted by Crippen LogP contribution is 2.26. The molecule has 9 heteroatoms. The Morgan fingerprint density at radius 3 is 2.62 bits per heavy atom. The van der Waals surface area contributed by atoms with Crippen molar-refractivity contribution < 1.29 is 14.6 Å². The number of benzene rings is 3. The van der Waals surface area contributed by atoms with E-state index < -0.39 is 0 Å². The highest BCUT2D eigenvalue weighted by Gasteiger charge is 2.14. The van der Waals surface area contributed by atoms with Crippen molar-refractivity contribution in [3.63, 3.8) is 0 Å². The Hall–Kier alpha value is -4.11. The largest absolute Gasteiger partial charge is 0.504 e. The predicted octanol–water partition coefficient (Wildman–Crippen LogP) is 3.73. The van der Waals surface area contributed by atoms with E-state index in [1.165, 1.54) is 17.7 Å². The molecule has 4 rings (SSSR count). The average molecular weight is 475 g/mol. The number of aromatic hydroxyl groups is 1. The molecule has 0 aliphatic heterocycles. The Labute approximate surface area is 199 Å². The fraction of sp³-hybridized carbons (Fsp3) is 0.120. The maximum Gasteiger partial charge on any atom is 0.266 e. The zero-order chi connectivity index (χ0) is 24.1. The first-order valence-electron chi connectivity index (χ1n) is 10.4. The van der Waals surface area contributed by atoms with Crippen LogP contribution in [-0.2, 0) is 4.79 Å². The van der Waals surface area contributed by atoms with Crippen molar-refractivity contribution in [1.82, 2.24) is 15.0 Å². The molecule has 0 unspecified atom stereocenters. The Morgan fingerprint density at radius 1 is 1.12 bits per heavy atom. The van der Waals surface area contributed by atoms with E-state index in [1.807, 2.05) is 36.4 Å². The minimum Gasteiger partial charge on any atom is -0.504 e. The molecule has 0 bridgehead atoms. The summed E-state index contributed by atoms with van der Waals surface area (Å²) in [4.78, 5) is 30.3. The van der Waals surface area contributed by atoms with Crippen molar-refractivity contribution in [3.05, 3.63) is 88.7 Å². The molecule has 1 heterocycles. The molecule has 0 aliphatic rings. The number of aromatic nitrogens is 2. The van der Waals surface area contributed by atoms with Gasteiger partial charge in [0.2, 0.25) is 0 Å². The topological polar surface area (TPSA) is 106 Å². The summed E-state index contributed by atoms with van der Waals surface area (Å²) in [6, 6.07) is 21.1. The first-order chi connectivity index (χ1) is 16.5. The van der Waals surface area contributed by atoms with E-state index in [-0.39, 0.29) is 23.0 Å². The number of phenols is 1. The highest BCUT2D eigenvalue weighted by molar-refractivity contribution is 7.99. The summed E-state index contributed by atoms with van der Waals surface area (Å²) in [7, 11) is 1.46. The van der Waals surface area contributed by atoms with Gasteiger partial charge < -0.3 is 9.84 Å². The molecular formula is C25H22N4O4S. The van der Waals surface area contributed by atoms with Crippen LogP contribution < -0.4 is 15.7 Å². The summed E-state index contributed by atoms with van der Waals surface area (Å²) in [5.41, 5.74) is 4.80. The quantitative estimate of drug-likeness (QED) is 0.183. The Bertz CT molecular complexity index is 1430. The Kier molecular flexibility index (Phi) is 6.93. The number of methoxy groups -OCH3 is 1. The van der Waals surface area contributed by atoms with Gasteiger partial charge in [0.25, 0.3) is 11.5 Å². The van der Waals surface area contributed by atoms with Gasteiger partial charge in [-0.15, -0.1) is 0 Å². The van der Waals surface area contributed by atoms with Crippen molar-refractivity contribution in [1.29, 1.82) is 0 Å². The maximum absolute atomic E-state index is 13.2. The lowest BCUT2D eigenvalue weighted by atomic mass is 10.1. The van der Waals surface area contributed by atoms with Crippen LogP contribution in [0.25, 0.3) is 16.6 Å². The van der Waals surface area contributed by atoms with E-state index in [9.17, 15) is 14.7 Å². The van der Waals surface area contributed by atoms with Gasteiger partial charge in [-0.2, -0.15) is 5.10 Å². The minimum absolute atomic E-state index is 0.00723. The predicted molar refractivity (Wildman–Crippen MR) is 133 cm³/mol. The van der Waals surface area contributed by atoms with E-state index >= 15 is 0 Å². The lowest BCUT2D eigenvalue weighted by Gasteiger charge is -2.13. The van der Waals surface area contributed by atoms with E-state index in [0.717, 1.165) is 11.8 Å². The van der Waals surface area contributed by atoms with Gasteiger partial charge in [-0.05, 0) is 49.4 Å². The number of phenolic OH excluding ortho intramolecular Hbond substituents is 1. The van der Waals surface area contributed by atoms with Gasteiger partial charge in [0.1, 0.15) is 0 Å². The van der Waals surface area contributed by atoms with E-state index in [4.69, 9.17) is 4.74 Å². The summed E-state index contributed by atoms with van der Waals surface area (Å²) in [5.74, 6) is -0.00745. The number of nitrogens with zero attached hydrogens (tertiary/aromatic N) is 3. The number of amides is 1. The molecule has 172 valence electrons. The number of hydrogen-bond donors (Lipinski definition) is 2. The van der Waals surface area contributed by atoms with E-state index in [2.05, 4.69) is 15.5 Å². The van der Waals surface area contributed by atoms with E-state index in [1.54, 1.807) is 37.3 Å². The van der Waals surface area contributed by atoms with Gasteiger partial charge in [0, 0.05) is 5.56 Å². The molecule has 0 atom stereocenters. The Morgan fingerprint density at radius 2 is 1.85 bits per heavy atom. The summed E-state index contributed by atoms with van der Waals surface area (Å²) in [6.45, 7) is 1.73. The second-order valence-corrected chi connectivity index (χ2v) is 8.24. The zero-order valence-electron chi connectivity index (χ0n) is 18.6. The third-order valence-corrected chi connectivity index (χ3v) is 5.98. The van der Waals surface area contributed by atoms with Crippen LogP contribution in [0.1, 0.15) is 12.5 Å². The first kappa shape index (κ1) is 23.1. The van der Waals surface area contributed by atoms with Crippen LogP contribution in [-0.4, -0.2) is 39.1 Å². The number of rotatable bonds is 7. The number of para-hydroxylation sites is 2. The monoisotopic (exact) mass is 474 g/mol. The molecule has 0 saturated heterocycles. The molecule has 1 aromatic heterocycles. The van der Waals surface area contributed by atoms with Gasteiger partial charge in [0.05, 0.1) is 35.2 Å². The van der Waals surface area contributed by atoms with Gasteiger partial charge in [-0.3, -0.25) is 14.2 Å². The molecule has 1 amide bonds. The zero-order valence-corrected chi connectivity index (χ0v) is 19.4. The first-order valence-corrected chi connectivity index (χ1v) is 11.4. The van der Waals surface area contributed by atoms with Crippen LogP contribution in [0.2, 0.25) is 0 Å². The third kappa shape index (κ3) is 4.94. The van der Waals surface area contributed by atoms with Crippen LogP contribution in [0.5, 0.6) is 11.5 Å². The number of nitrogens with one attached hydrogen (secondary N) is 1. The van der Waals surface area contributed by atoms with Crippen molar-refractivity contribution in [2.45, 2.75) is 12.1 Å². The average Bonchev–Trinajstić information content (AvgIpc) is 2.87. The molecule has 0 spiro atoms. The molecule has 0 saturated carbocycles. The third-order valence-electron chi connectivity index (χ3n) is 5.04. The van der Waals surface area contributed by atoms with Gasteiger partial charge in [-0.1, -0.05) is 42.1 Å². The second kappa shape index (κ2) is 10.2. The number of carbonyl (C=O) groups excluding carboxylic acids is 1. The second-order valence-electron chi connectivity index (χ2n) is 7.30. The molecule has 34 heavy (non-hydrogen) atoms. The van der Waals surface area contributed by atoms with Crippen LogP contribution in [0.3, 0.4) is 0 Å². The molecule has 0 fully saturated rings. The molecular weight excluding hydrogens is 452 g/mol. The maximum atomic E-state index is 13.2. The molecule has 3 aromatic carbocycles. The van der Waals surface area contributed by atoms with Crippen molar-refractivity contribution in [2.75, 3.05) is 12.9 Å². The fourth-order valence-corrected chi connectivity index (χ4v) is 4.09. The molecule has 8 nitrogen and oxygen atoms in total.